The van der Waals surface area contributed by atoms with Gasteiger partial charge in [0.15, 0.2) is 0 Å². The molecule has 0 unspecified atom stereocenters. The molecule has 1 aliphatic heterocycles. The van der Waals surface area contributed by atoms with Gasteiger partial charge >= 0.3 is 5.97 Å². The molecule has 1 fully saturated rings. The molecule has 0 radical (unpaired) electrons. The first-order valence-electron chi connectivity index (χ1n) is 5.13. The van der Waals surface area contributed by atoms with Gasteiger partial charge in [-0.3, -0.25) is 9.89 Å². The molecule has 0 aromatic carbocycles. The second-order valence-corrected chi connectivity index (χ2v) is 6.05. The summed E-state index contributed by atoms with van der Waals surface area (Å²) in [5.41, 5.74) is 0.492. The maximum Gasteiger partial charge on any atom is 0.303 e. The number of aliphatic carboxylic acids is 1. The molecule has 94 valence electrons. The highest BCUT2D eigenvalue weighted by Crippen LogP contribution is 2.27. The standard InChI is InChI=1S/C9H13N3O4S/c1-6-8(3-10-11-6)17(15,16)12-4-7(5-12)2-9(13)14/h3,7H,2,4-5H2,1H3,(H,10,11)(H,13,14). The van der Waals surface area contributed by atoms with Crippen LogP contribution in [0.25, 0.3) is 0 Å². The van der Waals surface area contributed by atoms with Crippen molar-refractivity contribution in [2.75, 3.05) is 13.1 Å². The number of nitrogens with one attached hydrogen (secondary N) is 1. The zero-order valence-corrected chi connectivity index (χ0v) is 10.1. The second kappa shape index (κ2) is 4.11. The SMILES string of the molecule is Cc1[nH]ncc1S(=O)(=O)N1CC(CC(=O)O)C1. The number of hydrogen-bond donors (Lipinski definition) is 2. The van der Waals surface area contributed by atoms with Crippen LogP contribution in [0.15, 0.2) is 11.1 Å². The molecule has 2 heterocycles. The van der Waals surface area contributed by atoms with Crippen LogP contribution < -0.4 is 0 Å². The fourth-order valence-corrected chi connectivity index (χ4v) is 3.54. The van der Waals surface area contributed by atoms with Crippen LogP contribution in [-0.4, -0.2) is 47.1 Å². The number of hydrogen-bond acceptors (Lipinski definition) is 4. The molecule has 1 aliphatic rings. The third-order valence-corrected chi connectivity index (χ3v) is 4.73. The zero-order valence-electron chi connectivity index (χ0n) is 9.25. The number of sulfonamides is 1. The van der Waals surface area contributed by atoms with Crippen molar-refractivity contribution in [1.82, 2.24) is 14.5 Å². The third-order valence-electron chi connectivity index (χ3n) is 2.79. The molecule has 8 heteroatoms. The van der Waals surface area contributed by atoms with Crippen molar-refractivity contribution >= 4 is 16.0 Å². The van der Waals surface area contributed by atoms with Gasteiger partial charge in [-0.1, -0.05) is 0 Å². The average molecular weight is 259 g/mol. The summed E-state index contributed by atoms with van der Waals surface area (Å²) in [6.07, 6.45) is 1.28. The summed E-state index contributed by atoms with van der Waals surface area (Å²) < 4.78 is 25.4. The van der Waals surface area contributed by atoms with Gasteiger partial charge in [0.25, 0.3) is 0 Å². The first-order chi connectivity index (χ1) is 7.91. The molecular weight excluding hydrogens is 246 g/mol. The van der Waals surface area contributed by atoms with Crippen molar-refractivity contribution in [3.63, 3.8) is 0 Å². The van der Waals surface area contributed by atoms with Crippen molar-refractivity contribution in [1.29, 1.82) is 0 Å². The number of aromatic amines is 1. The summed E-state index contributed by atoms with van der Waals surface area (Å²) in [6.45, 7) is 2.16. The molecule has 0 atom stereocenters. The lowest BCUT2D eigenvalue weighted by Crippen LogP contribution is -2.50. The Morgan fingerprint density at radius 3 is 2.76 bits per heavy atom. The lowest BCUT2D eigenvalue weighted by atomic mass is 10.00. The molecule has 2 N–H and O–H groups in total. The maximum atomic E-state index is 12.0. The normalized spacial score (nSPS) is 17.9. The van der Waals surface area contributed by atoms with Crippen molar-refractivity contribution < 1.29 is 18.3 Å². The summed E-state index contributed by atoms with van der Waals surface area (Å²) in [5, 5.41) is 14.8. The second-order valence-electron chi connectivity index (χ2n) is 4.15. The van der Waals surface area contributed by atoms with Crippen LogP contribution in [0.4, 0.5) is 0 Å². The van der Waals surface area contributed by atoms with E-state index in [0.29, 0.717) is 5.69 Å². The Hall–Kier alpha value is -1.41. The number of carboxylic acids is 1. The number of aryl methyl sites for hydroxylation is 1. The van der Waals surface area contributed by atoms with Crippen LogP contribution in [0.2, 0.25) is 0 Å². The number of H-pyrrole nitrogens is 1. The Morgan fingerprint density at radius 2 is 2.29 bits per heavy atom. The van der Waals surface area contributed by atoms with Crippen molar-refractivity contribution in [3.8, 4) is 0 Å². The van der Waals surface area contributed by atoms with Gasteiger partial charge in [0.05, 0.1) is 18.3 Å². The van der Waals surface area contributed by atoms with Gasteiger partial charge < -0.3 is 5.11 Å². The quantitative estimate of drug-likeness (QED) is 0.780. The number of carboxylic acid groups (broad SMARTS) is 1. The van der Waals surface area contributed by atoms with Gasteiger partial charge in [-0.05, 0) is 12.8 Å². The van der Waals surface area contributed by atoms with E-state index in [9.17, 15) is 13.2 Å². The number of aromatic nitrogens is 2. The first kappa shape index (κ1) is 12.1. The highest BCUT2D eigenvalue weighted by Gasteiger charge is 2.38. The van der Waals surface area contributed by atoms with Crippen LogP contribution >= 0.6 is 0 Å². The topological polar surface area (TPSA) is 103 Å². The maximum absolute atomic E-state index is 12.0. The minimum Gasteiger partial charge on any atom is -0.481 e. The van der Waals surface area contributed by atoms with Gasteiger partial charge in [0.1, 0.15) is 4.90 Å². The zero-order chi connectivity index (χ0) is 12.6. The minimum atomic E-state index is -3.51. The van der Waals surface area contributed by atoms with Crippen LogP contribution in [0.5, 0.6) is 0 Å². The predicted octanol–water partition coefficient (Wildman–Crippen LogP) is -0.187. The first-order valence-corrected chi connectivity index (χ1v) is 6.57. The molecule has 2 rings (SSSR count). The smallest absolute Gasteiger partial charge is 0.303 e. The van der Waals surface area contributed by atoms with Crippen LogP contribution in [0, 0.1) is 12.8 Å². The summed E-state index contributed by atoms with van der Waals surface area (Å²) in [5.74, 6) is -0.985. The van der Waals surface area contributed by atoms with E-state index >= 15 is 0 Å². The lowest BCUT2D eigenvalue weighted by molar-refractivity contribution is -0.139. The van der Waals surface area contributed by atoms with E-state index in [1.54, 1.807) is 6.92 Å². The van der Waals surface area contributed by atoms with Crippen LogP contribution in [0.1, 0.15) is 12.1 Å². The van der Waals surface area contributed by atoms with Gasteiger partial charge in [-0.2, -0.15) is 9.40 Å². The monoisotopic (exact) mass is 259 g/mol. The van der Waals surface area contributed by atoms with Crippen molar-refractivity contribution in [2.24, 2.45) is 5.92 Å². The van der Waals surface area contributed by atoms with E-state index in [0.717, 1.165) is 0 Å². The van der Waals surface area contributed by atoms with E-state index in [-0.39, 0.29) is 30.3 Å². The number of nitrogens with zero attached hydrogens (tertiary/aromatic N) is 2. The number of carbonyl (C=O) groups is 1. The molecule has 0 spiro atoms. The Bertz CT molecular complexity index is 530. The van der Waals surface area contributed by atoms with Gasteiger partial charge in [0.2, 0.25) is 10.0 Å². The van der Waals surface area contributed by atoms with E-state index < -0.39 is 16.0 Å². The Morgan fingerprint density at radius 1 is 1.65 bits per heavy atom. The molecular formula is C9H13N3O4S. The predicted molar refractivity (Wildman–Crippen MR) is 57.8 cm³/mol. The van der Waals surface area contributed by atoms with Crippen LogP contribution in [0.3, 0.4) is 0 Å². The highest BCUT2D eigenvalue weighted by molar-refractivity contribution is 7.89. The molecule has 0 aliphatic carbocycles. The molecule has 1 aromatic rings. The molecule has 17 heavy (non-hydrogen) atoms. The lowest BCUT2D eigenvalue weighted by Gasteiger charge is -2.37. The molecule has 1 saturated heterocycles. The molecule has 0 saturated carbocycles. The molecule has 1 aromatic heterocycles. The van der Waals surface area contributed by atoms with Crippen molar-refractivity contribution in [2.45, 2.75) is 18.2 Å². The third kappa shape index (κ3) is 2.18. The van der Waals surface area contributed by atoms with Gasteiger partial charge in [-0.25, -0.2) is 8.42 Å². The van der Waals surface area contributed by atoms with Crippen molar-refractivity contribution in [3.05, 3.63) is 11.9 Å². The summed E-state index contributed by atoms with van der Waals surface area (Å²) in [6, 6.07) is 0. The summed E-state index contributed by atoms with van der Waals surface area (Å²) in [4.78, 5) is 10.6. The largest absolute Gasteiger partial charge is 0.481 e. The average Bonchev–Trinajstić information content (AvgIpc) is 2.57. The summed E-state index contributed by atoms with van der Waals surface area (Å²) >= 11 is 0. The van der Waals surface area contributed by atoms with Gasteiger partial charge in [-0.15, -0.1) is 0 Å². The highest BCUT2D eigenvalue weighted by atomic mass is 32.2. The Balaban J connectivity index is 2.06. The van der Waals surface area contributed by atoms with E-state index in [1.165, 1.54) is 10.5 Å². The fraction of sp³-hybridized carbons (Fsp3) is 0.556. The van der Waals surface area contributed by atoms with Crippen LogP contribution in [-0.2, 0) is 14.8 Å². The van der Waals surface area contributed by atoms with E-state index in [1.807, 2.05) is 0 Å². The Kier molecular flexibility index (Phi) is 2.92. The molecule has 0 bridgehead atoms. The Labute approximate surface area is 98.5 Å². The van der Waals surface area contributed by atoms with E-state index in [2.05, 4.69) is 10.2 Å². The number of rotatable bonds is 4. The van der Waals surface area contributed by atoms with Gasteiger partial charge in [0, 0.05) is 13.1 Å². The molecule has 0 amide bonds. The van der Waals surface area contributed by atoms with E-state index in [4.69, 9.17) is 5.11 Å². The molecule has 7 nitrogen and oxygen atoms in total. The fourth-order valence-electron chi connectivity index (χ4n) is 1.83. The minimum absolute atomic E-state index is 0.0103. The summed E-state index contributed by atoms with van der Waals surface area (Å²) in [7, 11) is -3.51.